The van der Waals surface area contributed by atoms with Crippen LogP contribution in [0, 0.1) is 12.7 Å². The number of likely N-dealkylation sites (tertiary alicyclic amines) is 1. The van der Waals surface area contributed by atoms with E-state index in [0.717, 1.165) is 81.8 Å². The van der Waals surface area contributed by atoms with Gasteiger partial charge >= 0.3 is 0 Å². The van der Waals surface area contributed by atoms with E-state index in [-0.39, 0.29) is 11.7 Å². The lowest BCUT2D eigenvalue weighted by atomic mass is 10.1. The molecule has 6 nitrogen and oxygen atoms in total. The Morgan fingerprint density at radius 2 is 2.03 bits per heavy atom. The number of hydrogen-bond donors (Lipinski definition) is 1. The number of nitrogens with zero attached hydrogens (tertiary/aromatic N) is 4. The monoisotopic (exact) mass is 397 g/mol. The van der Waals surface area contributed by atoms with Crippen molar-refractivity contribution in [2.45, 2.75) is 38.6 Å². The fraction of sp³-hybridized carbons (Fsp3) is 0.545. The molecular weight excluding hydrogens is 369 g/mol. The van der Waals surface area contributed by atoms with Crippen LogP contribution in [0.1, 0.15) is 40.2 Å². The van der Waals surface area contributed by atoms with Crippen molar-refractivity contribution in [1.29, 1.82) is 0 Å². The van der Waals surface area contributed by atoms with Gasteiger partial charge in [-0.05, 0) is 50.3 Å². The molecule has 1 aromatic heterocycles. The van der Waals surface area contributed by atoms with Gasteiger partial charge in [0.25, 0.3) is 5.91 Å². The number of halogens is 1. The number of nitrogens with one attached hydrogen (secondary N) is 1. The van der Waals surface area contributed by atoms with E-state index < -0.39 is 0 Å². The van der Waals surface area contributed by atoms with Crippen molar-refractivity contribution in [2.24, 2.45) is 0 Å². The van der Waals surface area contributed by atoms with E-state index in [4.69, 9.17) is 0 Å². The number of fused-ring (bicyclic) bond motifs is 1. The van der Waals surface area contributed by atoms with E-state index in [1.807, 2.05) is 17.9 Å². The average Bonchev–Trinajstić information content (AvgIpc) is 3.45. The third-order valence-electron chi connectivity index (χ3n) is 6.58. The molecule has 0 radical (unpaired) electrons. The zero-order valence-electron chi connectivity index (χ0n) is 17.0. The van der Waals surface area contributed by atoms with Crippen LogP contribution in [0.5, 0.6) is 0 Å². The van der Waals surface area contributed by atoms with E-state index in [0.29, 0.717) is 17.4 Å². The summed E-state index contributed by atoms with van der Waals surface area (Å²) in [6, 6.07) is 5.62. The molecule has 1 N–H and O–H groups in total. The Morgan fingerprint density at radius 3 is 2.83 bits per heavy atom. The van der Waals surface area contributed by atoms with Crippen molar-refractivity contribution < 1.29 is 9.18 Å². The summed E-state index contributed by atoms with van der Waals surface area (Å²) in [4.78, 5) is 17.8. The normalized spacial score (nSPS) is 22.3. The fourth-order valence-corrected chi connectivity index (χ4v) is 5.01. The van der Waals surface area contributed by atoms with Crippen LogP contribution in [0.4, 0.5) is 4.39 Å². The van der Waals surface area contributed by atoms with Gasteiger partial charge < -0.3 is 10.2 Å². The number of aromatic nitrogens is 2. The van der Waals surface area contributed by atoms with Crippen molar-refractivity contribution in [3.8, 4) is 5.69 Å². The summed E-state index contributed by atoms with van der Waals surface area (Å²) in [5.41, 5.74) is 3.85. The van der Waals surface area contributed by atoms with Crippen molar-refractivity contribution in [1.82, 2.24) is 24.9 Å². The molecule has 2 saturated heterocycles. The second-order valence-electron chi connectivity index (χ2n) is 8.47. The van der Waals surface area contributed by atoms with Crippen molar-refractivity contribution >= 4 is 5.91 Å². The third kappa shape index (κ3) is 3.36. The second-order valence-corrected chi connectivity index (χ2v) is 8.47. The molecule has 1 aliphatic carbocycles. The number of aryl methyl sites for hydroxylation is 1. The van der Waals surface area contributed by atoms with Crippen LogP contribution in [0.2, 0.25) is 0 Å². The number of hydrogen-bond acceptors (Lipinski definition) is 4. The standard InChI is InChI=1S/C22H28FN5O/c1-15-5-6-20(18(23)13-15)28-19-4-2-3-17(19)21(25-28)22(29)27-10-7-16(14-27)26-11-8-24-9-12-26/h5-6,13,16,24H,2-4,7-12,14H2,1H3. The fourth-order valence-electron chi connectivity index (χ4n) is 5.01. The second kappa shape index (κ2) is 7.54. The van der Waals surface area contributed by atoms with Crippen molar-refractivity contribution in [2.75, 3.05) is 39.3 Å². The third-order valence-corrected chi connectivity index (χ3v) is 6.58. The lowest BCUT2D eigenvalue weighted by Crippen LogP contribution is -2.49. The number of rotatable bonds is 3. The van der Waals surface area contributed by atoms with Crippen LogP contribution in [-0.2, 0) is 12.8 Å². The van der Waals surface area contributed by atoms with Crippen LogP contribution in [0.3, 0.4) is 0 Å². The van der Waals surface area contributed by atoms with Gasteiger partial charge in [0.05, 0.1) is 0 Å². The maximum atomic E-state index is 14.6. The minimum absolute atomic E-state index is 0.00653. The van der Waals surface area contributed by atoms with Gasteiger partial charge in [0.15, 0.2) is 5.69 Å². The van der Waals surface area contributed by atoms with E-state index in [1.165, 1.54) is 6.07 Å². The molecule has 0 spiro atoms. The molecule has 3 aliphatic rings. The van der Waals surface area contributed by atoms with E-state index in [2.05, 4.69) is 15.3 Å². The number of carbonyl (C=O) groups is 1. The summed E-state index contributed by atoms with van der Waals surface area (Å²) in [7, 11) is 0. The molecule has 2 aliphatic heterocycles. The number of piperazine rings is 1. The highest BCUT2D eigenvalue weighted by Crippen LogP contribution is 2.30. The molecule has 2 aromatic rings. The van der Waals surface area contributed by atoms with E-state index >= 15 is 0 Å². The first-order valence-electron chi connectivity index (χ1n) is 10.7. The number of carbonyl (C=O) groups excluding carboxylic acids is 1. The summed E-state index contributed by atoms with van der Waals surface area (Å²) >= 11 is 0. The highest BCUT2D eigenvalue weighted by Gasteiger charge is 2.35. The maximum Gasteiger partial charge on any atom is 0.274 e. The van der Waals surface area contributed by atoms with E-state index in [9.17, 15) is 9.18 Å². The maximum absolute atomic E-state index is 14.6. The summed E-state index contributed by atoms with van der Waals surface area (Å²) < 4.78 is 16.3. The van der Waals surface area contributed by atoms with Gasteiger partial charge in [-0.2, -0.15) is 5.10 Å². The molecule has 154 valence electrons. The largest absolute Gasteiger partial charge is 0.336 e. The quantitative estimate of drug-likeness (QED) is 0.860. The smallest absolute Gasteiger partial charge is 0.274 e. The first-order chi connectivity index (χ1) is 14.1. The Labute approximate surface area is 170 Å². The molecule has 7 heteroatoms. The molecule has 0 saturated carbocycles. The molecule has 2 fully saturated rings. The first kappa shape index (κ1) is 18.8. The van der Waals surface area contributed by atoms with Gasteiger partial charge in [-0.25, -0.2) is 9.07 Å². The lowest BCUT2D eigenvalue weighted by Gasteiger charge is -2.32. The van der Waals surface area contributed by atoms with Crippen LogP contribution in [0.15, 0.2) is 18.2 Å². The van der Waals surface area contributed by atoms with Gasteiger partial charge in [0, 0.05) is 56.6 Å². The number of amides is 1. The summed E-state index contributed by atoms with van der Waals surface area (Å²) in [6.45, 7) is 7.53. The minimum atomic E-state index is -0.291. The zero-order valence-corrected chi connectivity index (χ0v) is 17.0. The Morgan fingerprint density at radius 1 is 1.21 bits per heavy atom. The van der Waals surface area contributed by atoms with Gasteiger partial charge in [0.1, 0.15) is 11.5 Å². The van der Waals surface area contributed by atoms with Gasteiger partial charge in [-0.1, -0.05) is 6.07 Å². The van der Waals surface area contributed by atoms with Crippen LogP contribution >= 0.6 is 0 Å². The minimum Gasteiger partial charge on any atom is -0.336 e. The topological polar surface area (TPSA) is 53.4 Å². The van der Waals surface area contributed by atoms with Crippen molar-refractivity contribution in [3.05, 3.63) is 46.5 Å². The Hall–Kier alpha value is -2.25. The predicted molar refractivity (Wildman–Crippen MR) is 109 cm³/mol. The van der Waals surface area contributed by atoms with E-state index in [1.54, 1.807) is 10.7 Å². The molecule has 3 heterocycles. The zero-order chi connectivity index (χ0) is 20.0. The Kier molecular flexibility index (Phi) is 4.87. The molecular formula is C22H28FN5O. The molecule has 5 rings (SSSR count). The predicted octanol–water partition coefficient (Wildman–Crippen LogP) is 1.93. The molecule has 1 amide bonds. The Bertz CT molecular complexity index is 934. The summed E-state index contributed by atoms with van der Waals surface area (Å²) in [6.07, 6.45) is 3.69. The van der Waals surface area contributed by atoms with Gasteiger partial charge in [0.2, 0.25) is 0 Å². The van der Waals surface area contributed by atoms with Crippen molar-refractivity contribution in [3.63, 3.8) is 0 Å². The molecule has 1 aromatic carbocycles. The first-order valence-corrected chi connectivity index (χ1v) is 10.7. The molecule has 29 heavy (non-hydrogen) atoms. The lowest BCUT2D eigenvalue weighted by molar-refractivity contribution is 0.0766. The number of benzene rings is 1. The SMILES string of the molecule is Cc1ccc(-n2nc(C(=O)N3CCC(N4CCNCC4)C3)c3c2CCC3)c(F)c1. The molecule has 0 bridgehead atoms. The highest BCUT2D eigenvalue weighted by atomic mass is 19.1. The van der Waals surface area contributed by atoms with Crippen LogP contribution < -0.4 is 5.32 Å². The summed E-state index contributed by atoms with van der Waals surface area (Å²) in [5, 5.41) is 8.02. The van der Waals surface area contributed by atoms with Gasteiger partial charge in [-0.15, -0.1) is 0 Å². The van der Waals surface area contributed by atoms with Gasteiger partial charge in [-0.3, -0.25) is 9.69 Å². The average molecular weight is 397 g/mol. The molecule has 1 unspecified atom stereocenters. The molecule has 1 atom stereocenters. The summed E-state index contributed by atoms with van der Waals surface area (Å²) in [5.74, 6) is -0.284. The van der Waals surface area contributed by atoms with Crippen LogP contribution in [0.25, 0.3) is 5.69 Å². The highest BCUT2D eigenvalue weighted by molar-refractivity contribution is 5.94. The Balaban J connectivity index is 1.41. The van der Waals surface area contributed by atoms with Crippen LogP contribution in [-0.4, -0.2) is 70.8 Å².